The maximum absolute atomic E-state index is 12.3. The fraction of sp³-hybridized carbons (Fsp3) is 0.556. The summed E-state index contributed by atoms with van der Waals surface area (Å²) in [6.07, 6.45) is 0.951. The van der Waals surface area contributed by atoms with Crippen LogP contribution in [0, 0.1) is 0 Å². The molecule has 130 valence electrons. The Morgan fingerprint density at radius 2 is 1.92 bits per heavy atom. The van der Waals surface area contributed by atoms with Crippen LogP contribution in [-0.4, -0.2) is 52.7 Å². The van der Waals surface area contributed by atoms with E-state index in [0.29, 0.717) is 0 Å². The molecule has 1 aliphatic heterocycles. The van der Waals surface area contributed by atoms with Gasteiger partial charge >= 0.3 is 6.03 Å². The van der Waals surface area contributed by atoms with E-state index in [1.165, 1.54) is 5.52 Å². The van der Waals surface area contributed by atoms with Crippen LogP contribution >= 0.6 is 0 Å². The number of hydrogen-bond donors (Lipinski definition) is 1. The molecule has 1 aliphatic rings. The van der Waals surface area contributed by atoms with Crippen LogP contribution in [0.4, 0.5) is 10.7 Å². The van der Waals surface area contributed by atoms with E-state index in [0.717, 1.165) is 50.6 Å². The number of anilines is 1. The van der Waals surface area contributed by atoms with Gasteiger partial charge in [0.05, 0.1) is 11.0 Å². The Bertz CT molecular complexity index is 702. The maximum Gasteiger partial charge on any atom is 0.317 e. The summed E-state index contributed by atoms with van der Waals surface area (Å²) in [5, 5.41) is 3.05. The van der Waals surface area contributed by atoms with Crippen LogP contribution in [0.25, 0.3) is 11.0 Å². The van der Waals surface area contributed by atoms with Gasteiger partial charge in [0.25, 0.3) is 0 Å². The molecule has 0 saturated carbocycles. The number of fused-ring (bicyclic) bond motifs is 1. The molecular formula is C18H27N5O. The molecule has 1 N–H and O–H groups in total. The summed E-state index contributed by atoms with van der Waals surface area (Å²) < 4.78 is 2.25. The molecule has 2 heterocycles. The van der Waals surface area contributed by atoms with Gasteiger partial charge in [0.1, 0.15) is 0 Å². The average molecular weight is 329 g/mol. The smallest absolute Gasteiger partial charge is 0.317 e. The van der Waals surface area contributed by atoms with Gasteiger partial charge < -0.3 is 19.7 Å². The minimum Gasteiger partial charge on any atom is -0.339 e. The van der Waals surface area contributed by atoms with Crippen molar-refractivity contribution in [3.8, 4) is 0 Å². The number of rotatable bonds is 4. The Morgan fingerprint density at radius 1 is 1.21 bits per heavy atom. The second-order valence-corrected chi connectivity index (χ2v) is 6.38. The summed E-state index contributed by atoms with van der Waals surface area (Å²) in [5.74, 6) is 1.01. The zero-order valence-electron chi connectivity index (χ0n) is 14.8. The highest BCUT2D eigenvalue weighted by molar-refractivity contribution is 5.79. The molecule has 6 nitrogen and oxygen atoms in total. The summed E-state index contributed by atoms with van der Waals surface area (Å²) in [6, 6.07) is 8.52. The van der Waals surface area contributed by atoms with Crippen molar-refractivity contribution in [2.45, 2.75) is 39.8 Å². The summed E-state index contributed by atoms with van der Waals surface area (Å²) in [5.41, 5.74) is 2.21. The van der Waals surface area contributed by atoms with Crippen LogP contribution in [-0.2, 0) is 6.54 Å². The predicted octanol–water partition coefficient (Wildman–Crippen LogP) is 2.69. The Morgan fingerprint density at radius 3 is 2.58 bits per heavy atom. The first-order valence-electron chi connectivity index (χ1n) is 8.89. The van der Waals surface area contributed by atoms with Gasteiger partial charge in [-0.1, -0.05) is 19.1 Å². The number of imidazole rings is 1. The van der Waals surface area contributed by atoms with E-state index >= 15 is 0 Å². The van der Waals surface area contributed by atoms with Gasteiger partial charge in [-0.2, -0.15) is 0 Å². The van der Waals surface area contributed by atoms with E-state index in [4.69, 9.17) is 4.98 Å². The van der Waals surface area contributed by atoms with Crippen LogP contribution in [0.1, 0.15) is 27.2 Å². The van der Waals surface area contributed by atoms with Crippen molar-refractivity contribution in [3.05, 3.63) is 24.3 Å². The number of nitrogens with one attached hydrogen (secondary N) is 1. The number of nitrogens with zero attached hydrogens (tertiary/aromatic N) is 4. The van der Waals surface area contributed by atoms with Crippen LogP contribution in [0.5, 0.6) is 0 Å². The zero-order chi connectivity index (χ0) is 17.1. The summed E-state index contributed by atoms with van der Waals surface area (Å²) in [4.78, 5) is 21.3. The van der Waals surface area contributed by atoms with E-state index in [-0.39, 0.29) is 12.1 Å². The minimum absolute atomic E-state index is 0.0491. The largest absolute Gasteiger partial charge is 0.339 e. The number of hydrogen-bond acceptors (Lipinski definition) is 3. The predicted molar refractivity (Wildman–Crippen MR) is 97.5 cm³/mol. The van der Waals surface area contributed by atoms with Crippen molar-refractivity contribution >= 4 is 23.0 Å². The molecule has 2 amide bonds. The Hall–Kier alpha value is -2.24. The van der Waals surface area contributed by atoms with Crippen molar-refractivity contribution in [1.29, 1.82) is 0 Å². The van der Waals surface area contributed by atoms with Gasteiger partial charge in [-0.15, -0.1) is 0 Å². The fourth-order valence-electron chi connectivity index (χ4n) is 3.13. The highest BCUT2D eigenvalue weighted by Gasteiger charge is 2.24. The molecule has 3 rings (SSSR count). The highest BCUT2D eigenvalue weighted by atomic mass is 16.2. The lowest BCUT2D eigenvalue weighted by Crippen LogP contribution is -2.53. The second-order valence-electron chi connectivity index (χ2n) is 6.38. The Balaban J connectivity index is 1.70. The molecule has 0 bridgehead atoms. The van der Waals surface area contributed by atoms with Crippen LogP contribution < -0.4 is 10.2 Å². The Labute approximate surface area is 143 Å². The van der Waals surface area contributed by atoms with Crippen LogP contribution in [0.3, 0.4) is 0 Å². The number of aromatic nitrogens is 2. The molecular weight excluding hydrogens is 302 g/mol. The topological polar surface area (TPSA) is 53.4 Å². The standard InChI is InChI=1S/C18H27N5O/c1-4-14(3)19-18(24)22-12-10-21(11-13-22)17-20-15-8-6-7-9-16(15)23(17)5-2/h6-9,14H,4-5,10-13H2,1-3H3,(H,19,24)/t14-/m1/s1. The summed E-state index contributed by atoms with van der Waals surface area (Å²) in [7, 11) is 0. The molecule has 1 fully saturated rings. The molecule has 1 aromatic heterocycles. The first-order chi connectivity index (χ1) is 11.6. The molecule has 1 saturated heterocycles. The van der Waals surface area contributed by atoms with Crippen molar-refractivity contribution in [2.24, 2.45) is 0 Å². The molecule has 1 aromatic carbocycles. The second kappa shape index (κ2) is 7.11. The average Bonchev–Trinajstić information content (AvgIpc) is 3.00. The molecule has 0 aliphatic carbocycles. The lowest BCUT2D eigenvalue weighted by molar-refractivity contribution is 0.190. The highest BCUT2D eigenvalue weighted by Crippen LogP contribution is 2.23. The number of amides is 2. The lowest BCUT2D eigenvalue weighted by Gasteiger charge is -2.35. The molecule has 6 heteroatoms. The van der Waals surface area contributed by atoms with E-state index in [1.807, 2.05) is 17.9 Å². The number of aryl methyl sites for hydroxylation is 1. The van der Waals surface area contributed by atoms with E-state index in [9.17, 15) is 4.79 Å². The fourth-order valence-corrected chi connectivity index (χ4v) is 3.13. The van der Waals surface area contributed by atoms with Crippen molar-refractivity contribution < 1.29 is 4.79 Å². The number of piperazine rings is 1. The van der Waals surface area contributed by atoms with Crippen molar-refractivity contribution in [1.82, 2.24) is 19.8 Å². The van der Waals surface area contributed by atoms with Gasteiger partial charge in [0, 0.05) is 38.8 Å². The maximum atomic E-state index is 12.3. The van der Waals surface area contributed by atoms with Gasteiger partial charge in [-0.05, 0) is 32.4 Å². The van der Waals surface area contributed by atoms with E-state index < -0.39 is 0 Å². The third-order valence-electron chi connectivity index (χ3n) is 4.78. The molecule has 24 heavy (non-hydrogen) atoms. The monoisotopic (exact) mass is 329 g/mol. The number of urea groups is 1. The van der Waals surface area contributed by atoms with Gasteiger partial charge in [-0.3, -0.25) is 0 Å². The first kappa shape index (κ1) is 16.6. The third-order valence-corrected chi connectivity index (χ3v) is 4.78. The molecule has 0 spiro atoms. The number of carbonyl (C=O) groups is 1. The van der Waals surface area contributed by atoms with Gasteiger partial charge in [0.15, 0.2) is 0 Å². The normalized spacial score (nSPS) is 16.5. The van der Waals surface area contributed by atoms with Gasteiger partial charge in [0.2, 0.25) is 5.95 Å². The van der Waals surface area contributed by atoms with Crippen LogP contribution in [0.2, 0.25) is 0 Å². The summed E-state index contributed by atoms with van der Waals surface area (Å²) in [6.45, 7) is 10.3. The quantitative estimate of drug-likeness (QED) is 0.938. The lowest BCUT2D eigenvalue weighted by atomic mass is 10.2. The number of carbonyl (C=O) groups excluding carboxylic acids is 1. The molecule has 2 aromatic rings. The third kappa shape index (κ3) is 3.18. The van der Waals surface area contributed by atoms with Crippen molar-refractivity contribution in [2.75, 3.05) is 31.1 Å². The first-order valence-corrected chi connectivity index (χ1v) is 8.89. The Kier molecular flexibility index (Phi) is 4.92. The molecule has 0 unspecified atom stereocenters. The van der Waals surface area contributed by atoms with E-state index in [2.05, 4.69) is 46.8 Å². The SMILES string of the molecule is CC[C@@H](C)NC(=O)N1CCN(c2nc3ccccc3n2CC)CC1. The van der Waals surface area contributed by atoms with Gasteiger partial charge in [-0.25, -0.2) is 9.78 Å². The van der Waals surface area contributed by atoms with Crippen molar-refractivity contribution in [3.63, 3.8) is 0 Å². The number of para-hydroxylation sites is 2. The number of benzene rings is 1. The molecule has 0 radical (unpaired) electrons. The molecule has 1 atom stereocenters. The van der Waals surface area contributed by atoms with Crippen LogP contribution in [0.15, 0.2) is 24.3 Å². The zero-order valence-corrected chi connectivity index (χ0v) is 14.8. The minimum atomic E-state index is 0.0491. The van der Waals surface area contributed by atoms with E-state index in [1.54, 1.807) is 0 Å². The summed E-state index contributed by atoms with van der Waals surface area (Å²) >= 11 is 0.